The van der Waals surface area contributed by atoms with Crippen LogP contribution in [0.25, 0.3) is 4.91 Å². The van der Waals surface area contributed by atoms with E-state index in [0.717, 1.165) is 11.5 Å². The van der Waals surface area contributed by atoms with Gasteiger partial charge in [0.15, 0.2) is 0 Å². The fraction of sp³-hybridized carbons (Fsp3) is 0.161. The van der Waals surface area contributed by atoms with Gasteiger partial charge in [0.2, 0.25) is 0 Å². The lowest BCUT2D eigenvalue weighted by Gasteiger charge is -2.19. The number of methoxy groups -OCH3 is 2. The molecule has 1 saturated carbocycles. The molecule has 4 aromatic rings. The molecule has 0 aromatic heterocycles. The number of ether oxygens (including phenoxy) is 2. The third-order valence-corrected chi connectivity index (χ3v) is 9.01. The molecule has 168 valence electrons. The van der Waals surface area contributed by atoms with Gasteiger partial charge in [0.05, 0.1) is 19.0 Å². The van der Waals surface area contributed by atoms with Gasteiger partial charge < -0.3 is 9.47 Å². The zero-order valence-electron chi connectivity index (χ0n) is 19.3. The zero-order chi connectivity index (χ0) is 23.2. The highest BCUT2D eigenvalue weighted by molar-refractivity contribution is 8.10. The predicted molar refractivity (Wildman–Crippen MR) is 141 cm³/mol. The van der Waals surface area contributed by atoms with E-state index in [-0.39, 0.29) is 10.2 Å². The Kier molecular flexibility index (Phi) is 5.04. The van der Waals surface area contributed by atoms with Crippen molar-refractivity contribution in [1.29, 1.82) is 0 Å². The number of allylic oxidation sites excluding steroid dienone is 1. The summed E-state index contributed by atoms with van der Waals surface area (Å²) in [5.74, 6) is 2.07. The second kappa shape index (κ2) is 8.11. The number of rotatable bonds is 6. The van der Waals surface area contributed by atoms with Gasteiger partial charge >= 0.3 is 0 Å². The van der Waals surface area contributed by atoms with Crippen LogP contribution in [0, 0.1) is 0 Å². The van der Waals surface area contributed by atoms with Crippen LogP contribution in [0.4, 0.5) is 0 Å². The topological polar surface area (TPSA) is 18.5 Å². The first-order chi connectivity index (χ1) is 16.7. The van der Waals surface area contributed by atoms with Crippen LogP contribution in [-0.4, -0.2) is 14.2 Å². The molecule has 1 aliphatic heterocycles. The second-order valence-corrected chi connectivity index (χ2v) is 10.2. The first-order valence-corrected chi connectivity index (χ1v) is 12.4. The summed E-state index contributed by atoms with van der Waals surface area (Å²) >= 11 is 2.01. The first-order valence-electron chi connectivity index (χ1n) is 11.5. The van der Waals surface area contributed by atoms with Crippen LogP contribution >= 0.6 is 11.8 Å². The van der Waals surface area contributed by atoms with E-state index in [4.69, 9.17) is 9.47 Å². The van der Waals surface area contributed by atoms with E-state index in [1.54, 1.807) is 14.2 Å². The van der Waals surface area contributed by atoms with Crippen molar-refractivity contribution in [2.75, 3.05) is 14.2 Å². The summed E-state index contributed by atoms with van der Waals surface area (Å²) in [7, 11) is 3.44. The van der Waals surface area contributed by atoms with Gasteiger partial charge in [0, 0.05) is 16.2 Å². The first kappa shape index (κ1) is 21.1. The third-order valence-electron chi connectivity index (χ3n) is 7.30. The molecule has 1 aliphatic carbocycles. The molecule has 0 spiro atoms. The third kappa shape index (κ3) is 2.97. The Labute approximate surface area is 205 Å². The molecule has 4 aromatic carbocycles. The van der Waals surface area contributed by atoms with Crippen molar-refractivity contribution in [1.82, 2.24) is 0 Å². The van der Waals surface area contributed by atoms with Crippen LogP contribution < -0.4 is 9.47 Å². The minimum absolute atomic E-state index is 0.122. The molecule has 0 N–H and O–H groups in total. The van der Waals surface area contributed by atoms with Gasteiger partial charge in [-0.3, -0.25) is 0 Å². The Bertz CT molecular complexity index is 1330. The molecule has 2 aliphatic rings. The van der Waals surface area contributed by atoms with Crippen molar-refractivity contribution >= 4 is 16.7 Å². The van der Waals surface area contributed by atoms with Crippen LogP contribution in [0.3, 0.4) is 0 Å². The number of thioether (sulfide) groups is 1. The Morgan fingerprint density at radius 1 is 0.618 bits per heavy atom. The van der Waals surface area contributed by atoms with E-state index in [1.165, 1.54) is 27.2 Å². The van der Waals surface area contributed by atoms with Crippen molar-refractivity contribution in [2.45, 2.75) is 16.1 Å². The van der Waals surface area contributed by atoms with E-state index >= 15 is 0 Å². The van der Waals surface area contributed by atoms with Crippen molar-refractivity contribution in [3.05, 3.63) is 138 Å². The highest BCUT2D eigenvalue weighted by atomic mass is 32.2. The highest BCUT2D eigenvalue weighted by Gasteiger charge is 2.80. The number of fused-ring (bicyclic) bond motifs is 1. The molecule has 2 nitrogen and oxygen atoms in total. The molecular formula is C31H26O2S. The largest absolute Gasteiger partial charge is 0.497 e. The predicted octanol–water partition coefficient (Wildman–Crippen LogP) is 7.42. The molecule has 0 saturated heterocycles. The Morgan fingerprint density at radius 3 is 1.76 bits per heavy atom. The standard InChI is InChI=1S/C31H26O2S/c1-32-26-17-13-23(14-18-26)29-30(24-15-19-27(33-2)20-16-24)21-28(22-9-5-3-6-10-22)34-31(29,30)25-11-7-4-8-12-25/h3-21,29H,1-2H3. The molecule has 3 unspecified atom stereocenters. The SMILES string of the molecule is COc1ccc(C2C3(c4ccc(OC)cc4)C=C(c4ccccc4)SC23c2ccccc2)cc1. The molecule has 1 heterocycles. The van der Waals surface area contributed by atoms with Crippen molar-refractivity contribution in [2.24, 2.45) is 0 Å². The molecule has 3 heteroatoms. The van der Waals surface area contributed by atoms with Crippen molar-refractivity contribution in [3.63, 3.8) is 0 Å². The van der Waals surface area contributed by atoms with Crippen LogP contribution in [0.15, 0.2) is 115 Å². The van der Waals surface area contributed by atoms with Gasteiger partial charge in [-0.05, 0) is 46.5 Å². The Hall–Kier alpha value is -3.43. The minimum atomic E-state index is -0.162. The van der Waals surface area contributed by atoms with E-state index in [2.05, 4.69) is 115 Å². The monoisotopic (exact) mass is 462 g/mol. The van der Waals surface area contributed by atoms with Crippen LogP contribution in [0.1, 0.15) is 28.2 Å². The molecule has 0 radical (unpaired) electrons. The Morgan fingerprint density at radius 2 is 1.18 bits per heavy atom. The van der Waals surface area contributed by atoms with Crippen LogP contribution in [-0.2, 0) is 10.2 Å². The van der Waals surface area contributed by atoms with Crippen LogP contribution in [0.5, 0.6) is 11.5 Å². The molecule has 0 bridgehead atoms. The van der Waals surface area contributed by atoms with E-state index in [1.807, 2.05) is 11.8 Å². The van der Waals surface area contributed by atoms with Gasteiger partial charge in [-0.15, -0.1) is 11.8 Å². The summed E-state index contributed by atoms with van der Waals surface area (Å²) in [6, 6.07) is 39.0. The van der Waals surface area contributed by atoms with Gasteiger partial charge in [0.25, 0.3) is 0 Å². The zero-order valence-corrected chi connectivity index (χ0v) is 20.1. The van der Waals surface area contributed by atoms with Crippen molar-refractivity contribution < 1.29 is 9.47 Å². The number of hydrogen-bond acceptors (Lipinski definition) is 3. The number of hydrogen-bond donors (Lipinski definition) is 0. The summed E-state index contributed by atoms with van der Waals surface area (Å²) in [5, 5.41) is 0. The number of benzene rings is 4. The summed E-state index contributed by atoms with van der Waals surface area (Å²) < 4.78 is 10.8. The van der Waals surface area contributed by atoms with Crippen LogP contribution in [0.2, 0.25) is 0 Å². The lowest BCUT2D eigenvalue weighted by atomic mass is 9.87. The molecule has 6 rings (SSSR count). The second-order valence-electron chi connectivity index (χ2n) is 8.88. The maximum Gasteiger partial charge on any atom is 0.118 e. The van der Waals surface area contributed by atoms with E-state index < -0.39 is 0 Å². The smallest absolute Gasteiger partial charge is 0.118 e. The maximum atomic E-state index is 5.48. The highest BCUT2D eigenvalue weighted by Crippen LogP contribution is 2.86. The summed E-state index contributed by atoms with van der Waals surface area (Å²) in [6.45, 7) is 0. The average Bonchev–Trinajstić information content (AvgIpc) is 3.34. The molecule has 3 atom stereocenters. The summed E-state index contributed by atoms with van der Waals surface area (Å²) in [6.07, 6.45) is 2.52. The fourth-order valence-electron chi connectivity index (χ4n) is 5.73. The van der Waals surface area contributed by atoms with Gasteiger partial charge in [-0.2, -0.15) is 0 Å². The van der Waals surface area contributed by atoms with Gasteiger partial charge in [0.1, 0.15) is 11.5 Å². The summed E-state index contributed by atoms with van der Waals surface area (Å²) in [4.78, 5) is 1.34. The fourth-order valence-corrected chi connectivity index (χ4v) is 7.68. The van der Waals surface area contributed by atoms with E-state index in [9.17, 15) is 0 Å². The lowest BCUT2D eigenvalue weighted by molar-refractivity contribution is 0.414. The van der Waals surface area contributed by atoms with E-state index in [0.29, 0.717) is 5.92 Å². The van der Waals surface area contributed by atoms with Gasteiger partial charge in [-0.1, -0.05) is 91.0 Å². The Balaban J connectivity index is 1.58. The lowest BCUT2D eigenvalue weighted by Crippen LogP contribution is -2.13. The minimum Gasteiger partial charge on any atom is -0.497 e. The molecule has 1 fully saturated rings. The maximum absolute atomic E-state index is 5.48. The normalized spacial score (nSPS) is 24.8. The summed E-state index contributed by atoms with van der Waals surface area (Å²) in [5.41, 5.74) is 5.12. The average molecular weight is 463 g/mol. The molecule has 34 heavy (non-hydrogen) atoms. The molecule has 0 amide bonds. The van der Waals surface area contributed by atoms with Gasteiger partial charge in [-0.25, -0.2) is 0 Å². The quantitative estimate of drug-likeness (QED) is 0.297. The molecular weight excluding hydrogens is 436 g/mol. The van der Waals surface area contributed by atoms with Crippen molar-refractivity contribution in [3.8, 4) is 11.5 Å².